The molecule has 30 heavy (non-hydrogen) atoms. The second-order valence-electron chi connectivity index (χ2n) is 8.62. The third-order valence-corrected chi connectivity index (χ3v) is 7.01. The van der Waals surface area contributed by atoms with Crippen molar-refractivity contribution < 1.29 is 4.79 Å². The highest BCUT2D eigenvalue weighted by Gasteiger charge is 2.22. The normalized spacial score (nSPS) is 21.0. The molecular weight excluding hydrogens is 400 g/mol. The number of carbonyl (C=O) groups excluding carboxylic acids is 1. The number of nitrogens with zero attached hydrogens (tertiary/aromatic N) is 5. The van der Waals surface area contributed by atoms with Crippen molar-refractivity contribution in [1.29, 1.82) is 0 Å². The molecule has 2 fully saturated rings. The average Bonchev–Trinajstić information content (AvgIpc) is 2.98. The zero-order valence-electron chi connectivity index (χ0n) is 17.8. The van der Waals surface area contributed by atoms with Gasteiger partial charge in [-0.05, 0) is 57.7 Å². The fourth-order valence-electron chi connectivity index (χ4n) is 4.41. The summed E-state index contributed by atoms with van der Waals surface area (Å²) in [4.78, 5) is 34.1. The molecule has 2 aromatic heterocycles. The number of carbonyl (C=O) groups is 1. The van der Waals surface area contributed by atoms with Crippen molar-refractivity contribution in [3.05, 3.63) is 22.1 Å². The molecule has 0 aromatic carbocycles. The van der Waals surface area contributed by atoms with Crippen molar-refractivity contribution in [2.24, 2.45) is 5.92 Å². The van der Waals surface area contributed by atoms with Gasteiger partial charge in [-0.2, -0.15) is 9.50 Å². The second kappa shape index (κ2) is 9.87. The van der Waals surface area contributed by atoms with Crippen LogP contribution in [0, 0.1) is 5.92 Å². The van der Waals surface area contributed by atoms with Crippen LogP contribution in [0.1, 0.15) is 62.4 Å². The first kappa shape index (κ1) is 21.2. The maximum Gasteiger partial charge on any atom is 0.274 e. The van der Waals surface area contributed by atoms with Gasteiger partial charge in [0.25, 0.3) is 11.5 Å². The Bertz CT molecular complexity index is 918. The lowest BCUT2D eigenvalue weighted by atomic mass is 10.0. The summed E-state index contributed by atoms with van der Waals surface area (Å²) >= 11 is 1.38. The highest BCUT2D eigenvalue weighted by atomic mass is 32.1. The summed E-state index contributed by atoms with van der Waals surface area (Å²) in [6, 6.07) is 1.29. The smallest absolute Gasteiger partial charge is 0.274 e. The van der Waals surface area contributed by atoms with Gasteiger partial charge in [0.2, 0.25) is 10.1 Å². The molecule has 8 nitrogen and oxygen atoms in total. The molecule has 4 heterocycles. The van der Waals surface area contributed by atoms with Gasteiger partial charge < -0.3 is 15.1 Å². The van der Waals surface area contributed by atoms with E-state index >= 15 is 0 Å². The fraction of sp³-hybridized carbons (Fsp3) is 0.714. The van der Waals surface area contributed by atoms with E-state index < -0.39 is 5.56 Å². The SMILES string of the molecule is C[C@H]1CCCN(c2nn3c(C(=O)NCCCN4CCCCCC4)cc(=O)nc3s2)C1. The van der Waals surface area contributed by atoms with Crippen LogP contribution < -0.4 is 15.8 Å². The van der Waals surface area contributed by atoms with Gasteiger partial charge in [-0.25, -0.2) is 0 Å². The summed E-state index contributed by atoms with van der Waals surface area (Å²) in [5, 5.41) is 8.43. The molecule has 2 aliphatic heterocycles. The second-order valence-corrected chi connectivity index (χ2v) is 9.55. The van der Waals surface area contributed by atoms with Gasteiger partial charge in [0.05, 0.1) is 0 Å². The number of piperidine rings is 1. The first-order chi connectivity index (χ1) is 14.6. The molecule has 1 N–H and O–H groups in total. The number of anilines is 1. The number of rotatable bonds is 6. The number of nitrogens with one attached hydrogen (secondary N) is 1. The number of hydrogen-bond donors (Lipinski definition) is 1. The van der Waals surface area contributed by atoms with E-state index in [2.05, 4.69) is 32.1 Å². The Kier molecular flexibility index (Phi) is 6.99. The summed E-state index contributed by atoms with van der Waals surface area (Å²) < 4.78 is 1.53. The standard InChI is InChI=1S/C21H32N6O2S/c1-16-8-6-13-26(15-16)21-24-27-17(14-18(28)23-20(27)30-21)19(29)22-9-7-12-25-10-4-2-3-5-11-25/h14,16H,2-13,15H2,1H3,(H,22,29)/t16-/m0/s1. The molecule has 2 aromatic rings. The number of aromatic nitrogens is 3. The van der Waals surface area contributed by atoms with Gasteiger partial charge in [0, 0.05) is 25.7 Å². The minimum absolute atomic E-state index is 0.260. The zero-order chi connectivity index (χ0) is 20.9. The molecule has 0 spiro atoms. The van der Waals surface area contributed by atoms with Gasteiger partial charge >= 0.3 is 0 Å². The molecule has 0 radical (unpaired) electrons. The highest BCUT2D eigenvalue weighted by Crippen LogP contribution is 2.27. The minimum Gasteiger partial charge on any atom is -0.351 e. The predicted octanol–water partition coefficient (Wildman–Crippen LogP) is 2.38. The van der Waals surface area contributed by atoms with E-state index in [1.807, 2.05) is 0 Å². The van der Waals surface area contributed by atoms with E-state index in [1.165, 1.54) is 54.0 Å². The third kappa shape index (κ3) is 5.18. The van der Waals surface area contributed by atoms with Crippen LogP contribution in [0.2, 0.25) is 0 Å². The van der Waals surface area contributed by atoms with Gasteiger partial charge in [0.1, 0.15) is 5.69 Å². The average molecular weight is 433 g/mol. The molecule has 9 heteroatoms. The molecule has 0 bridgehead atoms. The van der Waals surface area contributed by atoms with Crippen LogP contribution in [-0.2, 0) is 0 Å². The van der Waals surface area contributed by atoms with Gasteiger partial charge in [-0.3, -0.25) is 9.59 Å². The van der Waals surface area contributed by atoms with Crippen molar-refractivity contribution in [2.45, 2.75) is 51.9 Å². The Morgan fingerprint density at radius 1 is 1.20 bits per heavy atom. The van der Waals surface area contributed by atoms with Crippen molar-refractivity contribution >= 4 is 27.3 Å². The Morgan fingerprint density at radius 2 is 2.00 bits per heavy atom. The van der Waals surface area contributed by atoms with Crippen molar-refractivity contribution in [2.75, 3.05) is 44.2 Å². The number of amides is 1. The highest BCUT2D eigenvalue weighted by molar-refractivity contribution is 7.20. The molecule has 164 valence electrons. The largest absolute Gasteiger partial charge is 0.351 e. The van der Waals surface area contributed by atoms with E-state index in [0.717, 1.165) is 50.7 Å². The summed E-state index contributed by atoms with van der Waals surface area (Å²) in [6.07, 6.45) is 8.45. The van der Waals surface area contributed by atoms with Crippen LogP contribution in [0.15, 0.2) is 10.9 Å². The Labute approximate surface area is 181 Å². The molecule has 1 atom stereocenters. The lowest BCUT2D eigenvalue weighted by Crippen LogP contribution is -2.34. The molecule has 4 rings (SSSR count). The quantitative estimate of drug-likeness (QED) is 0.706. The number of hydrogen-bond acceptors (Lipinski definition) is 7. The van der Waals surface area contributed by atoms with E-state index in [9.17, 15) is 9.59 Å². The van der Waals surface area contributed by atoms with Gasteiger partial charge in [-0.1, -0.05) is 31.1 Å². The van der Waals surface area contributed by atoms with E-state index in [0.29, 0.717) is 17.4 Å². The first-order valence-electron chi connectivity index (χ1n) is 11.3. The molecule has 0 unspecified atom stereocenters. The van der Waals surface area contributed by atoms with Crippen molar-refractivity contribution in [1.82, 2.24) is 24.8 Å². The number of likely N-dealkylation sites (tertiary alicyclic amines) is 1. The van der Waals surface area contributed by atoms with Crippen molar-refractivity contribution in [3.8, 4) is 0 Å². The predicted molar refractivity (Wildman–Crippen MR) is 120 cm³/mol. The Hall–Kier alpha value is -2.00. The van der Waals surface area contributed by atoms with Crippen LogP contribution >= 0.6 is 11.3 Å². The summed E-state index contributed by atoms with van der Waals surface area (Å²) in [6.45, 7) is 8.05. The summed E-state index contributed by atoms with van der Waals surface area (Å²) in [7, 11) is 0. The van der Waals surface area contributed by atoms with E-state index in [4.69, 9.17) is 0 Å². The van der Waals surface area contributed by atoms with Gasteiger partial charge in [0.15, 0.2) is 0 Å². The molecule has 2 aliphatic rings. The molecule has 1 amide bonds. The molecule has 0 saturated carbocycles. The van der Waals surface area contributed by atoms with Crippen LogP contribution in [0.4, 0.5) is 5.13 Å². The number of fused-ring (bicyclic) bond motifs is 1. The maximum atomic E-state index is 12.8. The minimum atomic E-state index is -0.396. The fourth-order valence-corrected chi connectivity index (χ4v) is 5.35. The Morgan fingerprint density at radius 3 is 2.77 bits per heavy atom. The zero-order valence-corrected chi connectivity index (χ0v) is 18.6. The van der Waals surface area contributed by atoms with Crippen LogP contribution in [-0.4, -0.2) is 64.7 Å². The monoisotopic (exact) mass is 432 g/mol. The van der Waals surface area contributed by atoms with E-state index in [-0.39, 0.29) is 11.6 Å². The topological polar surface area (TPSA) is 82.8 Å². The van der Waals surface area contributed by atoms with Crippen LogP contribution in [0.5, 0.6) is 0 Å². The lowest BCUT2D eigenvalue weighted by molar-refractivity contribution is 0.0944. The summed E-state index contributed by atoms with van der Waals surface area (Å²) in [5.41, 5.74) is -0.126. The van der Waals surface area contributed by atoms with Crippen LogP contribution in [0.25, 0.3) is 4.96 Å². The lowest BCUT2D eigenvalue weighted by Gasteiger charge is -2.30. The van der Waals surface area contributed by atoms with Crippen molar-refractivity contribution in [3.63, 3.8) is 0 Å². The molecule has 0 aliphatic carbocycles. The van der Waals surface area contributed by atoms with Gasteiger partial charge in [-0.15, -0.1) is 5.10 Å². The molecular formula is C21H32N6O2S. The third-order valence-electron chi connectivity index (χ3n) is 6.04. The summed E-state index contributed by atoms with van der Waals surface area (Å²) in [5.74, 6) is 0.356. The van der Waals surface area contributed by atoms with Crippen LogP contribution in [0.3, 0.4) is 0 Å². The maximum absolute atomic E-state index is 12.8. The first-order valence-corrected chi connectivity index (χ1v) is 12.1. The van der Waals surface area contributed by atoms with E-state index in [1.54, 1.807) is 0 Å². The Balaban J connectivity index is 1.40. The molecule has 2 saturated heterocycles.